The normalized spacial score (nSPS) is 24.3. The Morgan fingerprint density at radius 3 is 2.76 bits per heavy atom. The largest absolute Gasteiger partial charge is 0.394 e. The van der Waals surface area contributed by atoms with E-state index in [1.54, 1.807) is 4.57 Å². The summed E-state index contributed by atoms with van der Waals surface area (Å²) >= 11 is 1.39. The standard InChI is InChI=1S/C19H23N5O4S/c1-10-4-3-5-11(6-10)7-20-16-13-17(23-19(22-16)29-2)24(9-21-13)18-15(27)14(26)12(8-25)28-18/h3-6,9,12,14-15,18,25-27H,7-8H2,1-2H3,(H,20,22,23)/t12-,14-,15-,18?/m1/s1. The van der Waals surface area contributed by atoms with Gasteiger partial charge < -0.3 is 25.4 Å². The van der Waals surface area contributed by atoms with Crippen molar-refractivity contribution in [3.05, 3.63) is 41.7 Å². The summed E-state index contributed by atoms with van der Waals surface area (Å²) in [5, 5.41) is 33.6. The fraction of sp³-hybridized carbons (Fsp3) is 0.421. The fourth-order valence-corrected chi connectivity index (χ4v) is 3.78. The fourth-order valence-electron chi connectivity index (χ4n) is 3.42. The molecule has 1 aliphatic rings. The third-order valence-electron chi connectivity index (χ3n) is 4.92. The highest BCUT2D eigenvalue weighted by Crippen LogP contribution is 2.33. The van der Waals surface area contributed by atoms with Crippen molar-refractivity contribution in [2.24, 2.45) is 0 Å². The van der Waals surface area contributed by atoms with E-state index in [9.17, 15) is 15.3 Å². The molecular weight excluding hydrogens is 394 g/mol. The van der Waals surface area contributed by atoms with Crippen LogP contribution in [0.1, 0.15) is 17.4 Å². The van der Waals surface area contributed by atoms with Crippen LogP contribution in [-0.4, -0.2) is 66.0 Å². The number of thioether (sulfide) groups is 1. The molecular formula is C19H23N5O4S. The Labute approximate surface area is 171 Å². The number of ether oxygens (including phenoxy) is 1. The van der Waals surface area contributed by atoms with Crippen molar-refractivity contribution in [3.63, 3.8) is 0 Å². The van der Waals surface area contributed by atoms with Crippen LogP contribution in [0.2, 0.25) is 0 Å². The molecule has 1 aromatic carbocycles. The van der Waals surface area contributed by atoms with Crippen molar-refractivity contribution in [2.75, 3.05) is 18.2 Å². The van der Waals surface area contributed by atoms with Crippen LogP contribution in [0.15, 0.2) is 35.7 Å². The Kier molecular flexibility index (Phi) is 5.70. The van der Waals surface area contributed by atoms with E-state index in [-0.39, 0.29) is 0 Å². The first-order valence-electron chi connectivity index (χ1n) is 9.22. The lowest BCUT2D eigenvalue weighted by Crippen LogP contribution is -2.33. The van der Waals surface area contributed by atoms with E-state index in [2.05, 4.69) is 26.3 Å². The molecule has 3 heterocycles. The number of aromatic nitrogens is 4. The maximum Gasteiger partial charge on any atom is 0.191 e. The minimum atomic E-state index is -1.21. The molecule has 4 N–H and O–H groups in total. The Morgan fingerprint density at radius 2 is 2.07 bits per heavy atom. The summed E-state index contributed by atoms with van der Waals surface area (Å²) in [6, 6.07) is 8.18. The zero-order valence-corrected chi connectivity index (χ0v) is 16.9. The van der Waals surface area contributed by atoms with Gasteiger partial charge in [0.25, 0.3) is 0 Å². The summed E-state index contributed by atoms with van der Waals surface area (Å²) < 4.78 is 7.20. The van der Waals surface area contributed by atoms with Crippen LogP contribution in [-0.2, 0) is 11.3 Å². The van der Waals surface area contributed by atoms with Crippen molar-refractivity contribution >= 4 is 28.7 Å². The summed E-state index contributed by atoms with van der Waals surface area (Å²) in [5.41, 5.74) is 3.31. The minimum Gasteiger partial charge on any atom is -0.394 e. The first-order valence-corrected chi connectivity index (χ1v) is 10.4. The number of anilines is 1. The molecule has 0 bridgehead atoms. The monoisotopic (exact) mass is 417 g/mol. The van der Waals surface area contributed by atoms with E-state index in [1.165, 1.54) is 23.7 Å². The zero-order chi connectivity index (χ0) is 20.5. The molecule has 29 heavy (non-hydrogen) atoms. The number of fused-ring (bicyclic) bond motifs is 1. The number of rotatable bonds is 6. The van der Waals surface area contributed by atoms with Crippen molar-refractivity contribution in [1.82, 2.24) is 19.5 Å². The Balaban J connectivity index is 1.68. The zero-order valence-electron chi connectivity index (χ0n) is 16.1. The maximum atomic E-state index is 10.4. The van der Waals surface area contributed by atoms with Crippen LogP contribution >= 0.6 is 11.8 Å². The third kappa shape index (κ3) is 3.81. The molecule has 0 radical (unpaired) electrons. The highest BCUT2D eigenvalue weighted by Gasteiger charge is 2.44. The molecule has 0 spiro atoms. The Hall–Kier alpha value is -2.24. The van der Waals surface area contributed by atoms with Crippen LogP contribution in [0, 0.1) is 6.92 Å². The molecule has 4 rings (SSSR count). The number of nitrogens with zero attached hydrogens (tertiary/aromatic N) is 4. The number of hydrogen-bond donors (Lipinski definition) is 4. The van der Waals surface area contributed by atoms with Crippen molar-refractivity contribution in [2.45, 2.75) is 43.2 Å². The van der Waals surface area contributed by atoms with Crippen molar-refractivity contribution in [3.8, 4) is 0 Å². The van der Waals surface area contributed by atoms with Gasteiger partial charge in [-0.2, -0.15) is 0 Å². The van der Waals surface area contributed by atoms with Gasteiger partial charge in [0.15, 0.2) is 28.4 Å². The molecule has 2 aromatic heterocycles. The lowest BCUT2D eigenvalue weighted by Gasteiger charge is -2.17. The number of nitrogens with one attached hydrogen (secondary N) is 1. The summed E-state index contributed by atoms with van der Waals surface area (Å²) in [6.07, 6.45) is -0.792. The molecule has 1 fully saturated rings. The smallest absolute Gasteiger partial charge is 0.191 e. The van der Waals surface area contributed by atoms with Gasteiger partial charge >= 0.3 is 0 Å². The first kappa shape index (κ1) is 20.0. The molecule has 10 heteroatoms. The van der Waals surface area contributed by atoms with E-state index < -0.39 is 31.1 Å². The van der Waals surface area contributed by atoms with Gasteiger partial charge in [-0.1, -0.05) is 41.6 Å². The van der Waals surface area contributed by atoms with Gasteiger partial charge in [-0.15, -0.1) is 0 Å². The number of aryl methyl sites for hydroxylation is 1. The van der Waals surface area contributed by atoms with E-state index in [0.29, 0.717) is 28.7 Å². The Bertz CT molecular complexity index is 1010. The second-order valence-corrected chi connectivity index (χ2v) is 7.73. The minimum absolute atomic E-state index is 0.393. The average Bonchev–Trinajstić information content (AvgIpc) is 3.27. The number of benzene rings is 1. The van der Waals surface area contributed by atoms with E-state index >= 15 is 0 Å². The number of aliphatic hydroxyl groups is 3. The molecule has 0 amide bonds. The van der Waals surface area contributed by atoms with Gasteiger partial charge in [-0.05, 0) is 18.7 Å². The van der Waals surface area contributed by atoms with Crippen LogP contribution in [0.25, 0.3) is 11.2 Å². The molecule has 1 saturated heterocycles. The average molecular weight is 417 g/mol. The molecule has 1 aliphatic heterocycles. The van der Waals surface area contributed by atoms with Gasteiger partial charge in [-0.3, -0.25) is 4.57 Å². The molecule has 3 aromatic rings. The van der Waals surface area contributed by atoms with Gasteiger partial charge in [0.2, 0.25) is 0 Å². The van der Waals surface area contributed by atoms with Crippen molar-refractivity contribution in [1.29, 1.82) is 0 Å². The highest BCUT2D eigenvalue weighted by molar-refractivity contribution is 7.98. The van der Waals surface area contributed by atoms with Crippen molar-refractivity contribution < 1.29 is 20.1 Å². The van der Waals surface area contributed by atoms with E-state index in [0.717, 1.165) is 5.56 Å². The summed E-state index contributed by atoms with van der Waals surface area (Å²) in [5.74, 6) is 0.575. The Morgan fingerprint density at radius 1 is 1.24 bits per heavy atom. The SMILES string of the molecule is CSc1nc(NCc2cccc(C)c2)c2ncn(C3O[C@H](CO)[C@@H](O)[C@H]3O)c2n1. The summed E-state index contributed by atoms with van der Waals surface area (Å²) in [6.45, 7) is 2.22. The predicted molar refractivity (Wildman–Crippen MR) is 109 cm³/mol. The van der Waals surface area contributed by atoms with Crippen LogP contribution in [0.5, 0.6) is 0 Å². The van der Waals surface area contributed by atoms with E-state index in [1.807, 2.05) is 31.4 Å². The molecule has 1 unspecified atom stereocenters. The van der Waals surface area contributed by atoms with Gasteiger partial charge in [0.1, 0.15) is 18.3 Å². The number of imidazole rings is 1. The molecule has 0 saturated carbocycles. The van der Waals surface area contributed by atoms with Crippen LogP contribution < -0.4 is 5.32 Å². The molecule has 9 nitrogen and oxygen atoms in total. The molecule has 0 aliphatic carbocycles. The van der Waals surface area contributed by atoms with Gasteiger partial charge in [-0.25, -0.2) is 15.0 Å². The molecule has 4 atom stereocenters. The second-order valence-electron chi connectivity index (χ2n) is 6.95. The van der Waals surface area contributed by atoms with Gasteiger partial charge in [0, 0.05) is 6.54 Å². The van der Waals surface area contributed by atoms with Gasteiger partial charge in [0.05, 0.1) is 12.9 Å². The third-order valence-corrected chi connectivity index (χ3v) is 5.46. The number of hydrogen-bond acceptors (Lipinski definition) is 9. The lowest BCUT2D eigenvalue weighted by molar-refractivity contribution is -0.0511. The second kappa shape index (κ2) is 8.25. The summed E-state index contributed by atoms with van der Waals surface area (Å²) in [4.78, 5) is 13.5. The quantitative estimate of drug-likeness (QED) is 0.344. The first-order chi connectivity index (χ1) is 14.0. The maximum absolute atomic E-state index is 10.4. The van der Waals surface area contributed by atoms with Crippen LogP contribution in [0.3, 0.4) is 0 Å². The predicted octanol–water partition coefficient (Wildman–Crippen LogP) is 1.08. The summed E-state index contributed by atoms with van der Waals surface area (Å²) in [7, 11) is 0. The van der Waals surface area contributed by atoms with Crippen LogP contribution in [0.4, 0.5) is 5.82 Å². The lowest BCUT2D eigenvalue weighted by atomic mass is 10.1. The topological polar surface area (TPSA) is 126 Å². The highest BCUT2D eigenvalue weighted by atomic mass is 32.2. The van der Waals surface area contributed by atoms with E-state index in [4.69, 9.17) is 4.74 Å². The number of aliphatic hydroxyl groups excluding tert-OH is 3. The molecule has 154 valence electrons.